The Morgan fingerprint density at radius 1 is 1.44 bits per heavy atom. The molecule has 0 spiro atoms. The molecule has 0 aliphatic carbocycles. The van der Waals surface area contributed by atoms with Crippen LogP contribution in [0.1, 0.15) is 13.3 Å². The summed E-state index contributed by atoms with van der Waals surface area (Å²) in [7, 11) is 0. The summed E-state index contributed by atoms with van der Waals surface area (Å²) in [4.78, 5) is 22.6. The van der Waals surface area contributed by atoms with Crippen molar-refractivity contribution in [2.75, 3.05) is 6.54 Å². The van der Waals surface area contributed by atoms with Gasteiger partial charge >= 0.3 is 12.3 Å². The van der Waals surface area contributed by atoms with Gasteiger partial charge in [-0.05, 0) is 0 Å². The fourth-order valence-corrected chi connectivity index (χ4v) is 1.65. The van der Waals surface area contributed by atoms with Gasteiger partial charge in [-0.3, -0.25) is 9.53 Å². The summed E-state index contributed by atoms with van der Waals surface area (Å²) < 4.78 is 39.4. The Bertz CT molecular complexity index is 282. The molecular weight excluding hydrogens is 231 g/mol. The van der Waals surface area contributed by atoms with Crippen molar-refractivity contribution in [2.24, 2.45) is 0 Å². The quantitative estimate of drug-likeness (QED) is 0.768. The van der Waals surface area contributed by atoms with E-state index in [1.165, 1.54) is 0 Å². The fourth-order valence-electron chi connectivity index (χ4n) is 1.65. The highest BCUT2D eigenvalue weighted by Crippen LogP contribution is 2.27. The molecule has 1 amide bonds. The van der Waals surface area contributed by atoms with E-state index >= 15 is 0 Å². The van der Waals surface area contributed by atoms with Crippen LogP contribution in [0.15, 0.2) is 0 Å². The van der Waals surface area contributed by atoms with Gasteiger partial charge in [0.2, 0.25) is 5.91 Å². The molecule has 92 valence electrons. The fraction of sp³-hybridized carbons (Fsp3) is 0.750. The summed E-state index contributed by atoms with van der Waals surface area (Å²) in [6, 6.07) is -1.25. The number of hydrogen-bond acceptors (Lipinski definition) is 3. The van der Waals surface area contributed by atoms with Gasteiger partial charge in [-0.1, -0.05) is 0 Å². The molecule has 1 heterocycles. The molecule has 0 aromatic heterocycles. The van der Waals surface area contributed by atoms with Crippen molar-refractivity contribution in [3.05, 3.63) is 0 Å². The van der Waals surface area contributed by atoms with Crippen LogP contribution >= 0.6 is 0 Å². The van der Waals surface area contributed by atoms with Crippen molar-refractivity contribution < 1.29 is 32.6 Å². The molecule has 1 aliphatic heterocycles. The minimum absolute atomic E-state index is 0.353. The first-order valence-electron chi connectivity index (χ1n) is 4.45. The third-order valence-corrected chi connectivity index (χ3v) is 2.25. The predicted molar refractivity (Wildman–Crippen MR) is 44.4 cm³/mol. The van der Waals surface area contributed by atoms with Crippen LogP contribution in [0.2, 0.25) is 0 Å². The molecule has 1 rings (SSSR count). The van der Waals surface area contributed by atoms with E-state index in [-0.39, 0.29) is 13.0 Å². The highest BCUT2D eigenvalue weighted by atomic mass is 19.4. The van der Waals surface area contributed by atoms with Crippen molar-refractivity contribution in [1.29, 1.82) is 0 Å². The van der Waals surface area contributed by atoms with Crippen LogP contribution in [0.4, 0.5) is 13.2 Å². The van der Waals surface area contributed by atoms with Crippen LogP contribution in [0.3, 0.4) is 0 Å². The topological polar surface area (TPSA) is 66.8 Å². The van der Waals surface area contributed by atoms with Gasteiger partial charge in [0.15, 0.2) is 0 Å². The summed E-state index contributed by atoms with van der Waals surface area (Å²) in [6.07, 6.45) is -6.49. The summed E-state index contributed by atoms with van der Waals surface area (Å²) in [5.41, 5.74) is 0. The molecule has 8 heteroatoms. The standard InChI is InChI=1S/C8H10F3NO4/c1-4(13)12-3-5(16-8(9,10)11)2-6(12)7(14)15/h5-6H,2-3H2,1H3,(H,14,15)/t5-,6-/m0/s1. The van der Waals surface area contributed by atoms with Crippen LogP contribution in [0.5, 0.6) is 0 Å². The molecule has 1 fully saturated rings. The monoisotopic (exact) mass is 241 g/mol. The Morgan fingerprint density at radius 2 is 2.00 bits per heavy atom. The average molecular weight is 241 g/mol. The van der Waals surface area contributed by atoms with Gasteiger partial charge < -0.3 is 10.0 Å². The lowest BCUT2D eigenvalue weighted by Crippen LogP contribution is -2.39. The van der Waals surface area contributed by atoms with E-state index in [1.807, 2.05) is 0 Å². The third kappa shape index (κ3) is 3.09. The number of aliphatic carboxylic acids is 1. The van der Waals surface area contributed by atoms with Crippen molar-refractivity contribution in [3.63, 3.8) is 0 Å². The molecule has 2 atom stereocenters. The number of carboxylic acid groups (broad SMARTS) is 1. The first kappa shape index (κ1) is 12.8. The molecule has 0 saturated carbocycles. The smallest absolute Gasteiger partial charge is 0.480 e. The molecule has 5 nitrogen and oxygen atoms in total. The maximum absolute atomic E-state index is 11.9. The molecule has 0 aromatic carbocycles. The zero-order valence-corrected chi connectivity index (χ0v) is 8.32. The normalized spacial score (nSPS) is 25.9. The summed E-state index contributed by atoms with van der Waals surface area (Å²) >= 11 is 0. The average Bonchev–Trinajstić information content (AvgIpc) is 2.44. The second-order valence-corrected chi connectivity index (χ2v) is 3.45. The van der Waals surface area contributed by atoms with Crippen LogP contribution in [-0.2, 0) is 14.3 Å². The zero-order chi connectivity index (χ0) is 12.5. The van der Waals surface area contributed by atoms with Gasteiger partial charge in [0.05, 0.1) is 6.10 Å². The first-order chi connectivity index (χ1) is 7.20. The highest BCUT2D eigenvalue weighted by Gasteiger charge is 2.43. The second-order valence-electron chi connectivity index (χ2n) is 3.45. The van der Waals surface area contributed by atoms with E-state index in [2.05, 4.69) is 4.74 Å². The molecule has 16 heavy (non-hydrogen) atoms. The van der Waals surface area contributed by atoms with E-state index in [0.29, 0.717) is 0 Å². The van der Waals surface area contributed by atoms with Crippen molar-refractivity contribution in [2.45, 2.75) is 31.9 Å². The minimum atomic E-state index is -4.82. The third-order valence-electron chi connectivity index (χ3n) is 2.25. The Labute approximate surface area is 88.8 Å². The number of ether oxygens (including phenoxy) is 1. The lowest BCUT2D eigenvalue weighted by Gasteiger charge is -2.18. The number of carbonyl (C=O) groups excluding carboxylic acids is 1. The number of carbonyl (C=O) groups is 2. The summed E-state index contributed by atoms with van der Waals surface area (Å²) in [5.74, 6) is -1.91. The maximum Gasteiger partial charge on any atom is 0.522 e. The number of likely N-dealkylation sites (tertiary alicyclic amines) is 1. The maximum atomic E-state index is 11.9. The molecule has 0 aromatic rings. The van der Waals surface area contributed by atoms with Gasteiger partial charge in [-0.2, -0.15) is 0 Å². The number of alkyl halides is 3. The molecule has 0 bridgehead atoms. The summed E-state index contributed by atoms with van der Waals surface area (Å²) in [6.45, 7) is 0.748. The predicted octanol–water partition coefficient (Wildman–Crippen LogP) is 0.597. The summed E-state index contributed by atoms with van der Waals surface area (Å²) in [5, 5.41) is 8.72. The zero-order valence-electron chi connectivity index (χ0n) is 8.32. The van der Waals surface area contributed by atoms with Crippen LogP contribution in [-0.4, -0.2) is 46.9 Å². The largest absolute Gasteiger partial charge is 0.522 e. The Kier molecular flexibility index (Phi) is 3.41. The van der Waals surface area contributed by atoms with E-state index in [0.717, 1.165) is 11.8 Å². The van der Waals surface area contributed by atoms with Gasteiger partial charge in [0.25, 0.3) is 0 Å². The van der Waals surface area contributed by atoms with E-state index < -0.39 is 30.4 Å². The van der Waals surface area contributed by atoms with E-state index in [1.54, 1.807) is 0 Å². The number of rotatable bonds is 2. The number of amides is 1. The molecule has 1 saturated heterocycles. The molecule has 1 aliphatic rings. The second kappa shape index (κ2) is 4.28. The molecular formula is C8H10F3NO4. The highest BCUT2D eigenvalue weighted by molar-refractivity contribution is 5.83. The van der Waals surface area contributed by atoms with Gasteiger partial charge in [0.1, 0.15) is 6.04 Å². The molecule has 1 N–H and O–H groups in total. The number of carboxylic acids is 1. The van der Waals surface area contributed by atoms with Gasteiger partial charge in [0, 0.05) is 19.9 Å². The van der Waals surface area contributed by atoms with Crippen LogP contribution in [0, 0.1) is 0 Å². The van der Waals surface area contributed by atoms with Gasteiger partial charge in [-0.25, -0.2) is 4.79 Å². The van der Waals surface area contributed by atoms with E-state index in [4.69, 9.17) is 5.11 Å². The van der Waals surface area contributed by atoms with Crippen molar-refractivity contribution in [3.8, 4) is 0 Å². The SMILES string of the molecule is CC(=O)N1C[C@@H](OC(F)(F)F)C[C@H]1C(=O)O. The number of halogens is 3. The minimum Gasteiger partial charge on any atom is -0.480 e. The Balaban J connectivity index is 2.69. The number of hydrogen-bond donors (Lipinski definition) is 1. The Hall–Kier alpha value is -1.31. The Morgan fingerprint density at radius 3 is 2.31 bits per heavy atom. The number of nitrogens with zero attached hydrogens (tertiary/aromatic N) is 1. The molecule has 0 unspecified atom stereocenters. The first-order valence-corrected chi connectivity index (χ1v) is 4.45. The van der Waals surface area contributed by atoms with Crippen LogP contribution < -0.4 is 0 Å². The molecule has 0 radical (unpaired) electrons. The van der Waals surface area contributed by atoms with Gasteiger partial charge in [-0.15, -0.1) is 13.2 Å². The lowest BCUT2D eigenvalue weighted by molar-refractivity contribution is -0.340. The lowest BCUT2D eigenvalue weighted by atomic mass is 10.2. The van der Waals surface area contributed by atoms with Crippen LogP contribution in [0.25, 0.3) is 0 Å². The van der Waals surface area contributed by atoms with E-state index in [9.17, 15) is 22.8 Å². The van der Waals surface area contributed by atoms with Crippen molar-refractivity contribution >= 4 is 11.9 Å². The van der Waals surface area contributed by atoms with Crippen molar-refractivity contribution in [1.82, 2.24) is 4.90 Å².